The Balaban J connectivity index is 1.30. The fourth-order valence-electron chi connectivity index (χ4n) is 4.07. The number of fused-ring (bicyclic) bond motifs is 1. The molecular weight excluding hydrogens is 364 g/mol. The number of imidazole rings is 2. The van der Waals surface area contributed by atoms with Crippen LogP contribution in [0.3, 0.4) is 0 Å². The zero-order valence-corrected chi connectivity index (χ0v) is 15.7. The number of aromatic nitrogens is 4. The van der Waals surface area contributed by atoms with Crippen LogP contribution in [-0.4, -0.2) is 32.5 Å². The molecule has 144 valence electrons. The van der Waals surface area contributed by atoms with Crippen molar-refractivity contribution in [3.63, 3.8) is 0 Å². The Labute approximate surface area is 167 Å². The standard InChI is InChI=1S/C22H20N6O/c29-22-24-11-20(28(22)16-7-8-17-18(9-16)26-12-25-17)14-3-5-15(6-4-14)21-23-10-19(27-21)13-1-2-13/h3-10,12-13,20H,1-2,11H2,(H,23,27)(H,24,29)(H,25,26). The van der Waals surface area contributed by atoms with Crippen molar-refractivity contribution in [3.05, 3.63) is 66.2 Å². The second-order valence-corrected chi connectivity index (χ2v) is 7.75. The maximum Gasteiger partial charge on any atom is 0.322 e. The number of hydrogen-bond donors (Lipinski definition) is 3. The topological polar surface area (TPSA) is 89.7 Å². The molecule has 1 aliphatic carbocycles. The van der Waals surface area contributed by atoms with Crippen LogP contribution in [0.4, 0.5) is 10.5 Å². The lowest BCUT2D eigenvalue weighted by molar-refractivity contribution is 0.251. The first-order chi connectivity index (χ1) is 14.3. The van der Waals surface area contributed by atoms with Crippen molar-refractivity contribution < 1.29 is 4.79 Å². The molecule has 1 unspecified atom stereocenters. The molecule has 1 saturated carbocycles. The number of aromatic amines is 2. The zero-order chi connectivity index (χ0) is 19.4. The SMILES string of the molecule is O=C1NCC(c2ccc(-c3nc(C4CC4)c[nH]3)cc2)N1c1ccc2[nH]cnc2c1. The Bertz CT molecular complexity index is 1200. The van der Waals surface area contributed by atoms with Gasteiger partial charge in [0.1, 0.15) is 5.82 Å². The highest BCUT2D eigenvalue weighted by atomic mass is 16.2. The Morgan fingerprint density at radius 3 is 2.72 bits per heavy atom. The zero-order valence-electron chi connectivity index (χ0n) is 15.7. The van der Waals surface area contributed by atoms with E-state index in [0.29, 0.717) is 12.5 Å². The minimum Gasteiger partial charge on any atom is -0.345 e. The van der Waals surface area contributed by atoms with Crippen LogP contribution < -0.4 is 10.2 Å². The van der Waals surface area contributed by atoms with E-state index in [2.05, 4.69) is 44.5 Å². The summed E-state index contributed by atoms with van der Waals surface area (Å²) in [5.74, 6) is 1.54. The van der Waals surface area contributed by atoms with Crippen molar-refractivity contribution in [2.45, 2.75) is 24.8 Å². The molecule has 7 heteroatoms. The molecule has 4 aromatic rings. The summed E-state index contributed by atoms with van der Waals surface area (Å²) in [5.41, 5.74) is 5.95. The van der Waals surface area contributed by atoms with E-state index in [-0.39, 0.29) is 12.1 Å². The maximum atomic E-state index is 12.6. The molecule has 2 aromatic carbocycles. The number of rotatable bonds is 4. The monoisotopic (exact) mass is 384 g/mol. The summed E-state index contributed by atoms with van der Waals surface area (Å²) in [6.07, 6.45) is 6.17. The Morgan fingerprint density at radius 2 is 1.90 bits per heavy atom. The number of anilines is 1. The summed E-state index contributed by atoms with van der Waals surface area (Å²) in [6, 6.07) is 14.0. The summed E-state index contributed by atoms with van der Waals surface area (Å²) in [6.45, 7) is 0.573. The van der Waals surface area contributed by atoms with Crippen LogP contribution in [0.15, 0.2) is 55.0 Å². The van der Waals surface area contributed by atoms with Gasteiger partial charge in [0, 0.05) is 29.9 Å². The predicted molar refractivity (Wildman–Crippen MR) is 111 cm³/mol. The van der Waals surface area contributed by atoms with Crippen molar-refractivity contribution in [1.82, 2.24) is 25.3 Å². The molecular formula is C22H20N6O. The van der Waals surface area contributed by atoms with Gasteiger partial charge in [-0.15, -0.1) is 0 Å². The van der Waals surface area contributed by atoms with Crippen LogP contribution in [0.25, 0.3) is 22.4 Å². The number of amides is 2. The summed E-state index contributed by atoms with van der Waals surface area (Å²) >= 11 is 0. The normalized spacial score (nSPS) is 19.1. The van der Waals surface area contributed by atoms with Gasteiger partial charge in [-0.05, 0) is 36.6 Å². The Hall–Kier alpha value is -3.61. The highest BCUT2D eigenvalue weighted by molar-refractivity contribution is 5.97. The van der Waals surface area contributed by atoms with Crippen molar-refractivity contribution in [3.8, 4) is 11.4 Å². The van der Waals surface area contributed by atoms with Gasteiger partial charge in [-0.25, -0.2) is 14.8 Å². The molecule has 7 nitrogen and oxygen atoms in total. The molecule has 1 aliphatic heterocycles. The third-order valence-corrected chi connectivity index (χ3v) is 5.82. The number of carbonyl (C=O) groups is 1. The highest BCUT2D eigenvalue weighted by Gasteiger charge is 2.33. The molecule has 6 rings (SSSR count). The Kier molecular flexibility index (Phi) is 3.50. The molecule has 2 amide bonds. The quantitative estimate of drug-likeness (QED) is 0.495. The van der Waals surface area contributed by atoms with Crippen molar-refractivity contribution >= 4 is 22.8 Å². The van der Waals surface area contributed by atoms with Gasteiger partial charge in [-0.3, -0.25) is 4.90 Å². The smallest absolute Gasteiger partial charge is 0.322 e. The first-order valence-corrected chi connectivity index (χ1v) is 9.92. The molecule has 3 heterocycles. The van der Waals surface area contributed by atoms with Crippen LogP contribution in [0.2, 0.25) is 0 Å². The van der Waals surface area contributed by atoms with E-state index in [0.717, 1.165) is 39.4 Å². The average Bonchev–Trinajstić information content (AvgIpc) is 3.15. The fourth-order valence-corrected chi connectivity index (χ4v) is 4.07. The molecule has 2 aromatic heterocycles. The first kappa shape index (κ1) is 16.4. The van der Waals surface area contributed by atoms with E-state index in [9.17, 15) is 4.79 Å². The number of hydrogen-bond acceptors (Lipinski definition) is 3. The summed E-state index contributed by atoms with van der Waals surface area (Å²) in [7, 11) is 0. The fraction of sp³-hybridized carbons (Fsp3) is 0.227. The van der Waals surface area contributed by atoms with E-state index in [1.165, 1.54) is 12.8 Å². The van der Waals surface area contributed by atoms with Gasteiger partial charge in [0.05, 0.1) is 29.1 Å². The molecule has 0 bridgehead atoms. The highest BCUT2D eigenvalue weighted by Crippen LogP contribution is 2.39. The summed E-state index contributed by atoms with van der Waals surface area (Å²) in [5, 5.41) is 2.97. The van der Waals surface area contributed by atoms with Crippen molar-refractivity contribution in [2.75, 3.05) is 11.4 Å². The van der Waals surface area contributed by atoms with Gasteiger partial charge in [0.2, 0.25) is 0 Å². The van der Waals surface area contributed by atoms with Gasteiger partial charge < -0.3 is 15.3 Å². The molecule has 1 saturated heterocycles. The molecule has 0 radical (unpaired) electrons. The van der Waals surface area contributed by atoms with Crippen LogP contribution in [0.1, 0.15) is 36.1 Å². The summed E-state index contributed by atoms with van der Waals surface area (Å²) in [4.78, 5) is 29.8. The molecule has 2 aliphatic rings. The van der Waals surface area contributed by atoms with Crippen LogP contribution in [0, 0.1) is 0 Å². The van der Waals surface area contributed by atoms with Crippen LogP contribution in [-0.2, 0) is 0 Å². The summed E-state index contributed by atoms with van der Waals surface area (Å²) < 4.78 is 0. The third-order valence-electron chi connectivity index (χ3n) is 5.82. The van der Waals surface area contributed by atoms with E-state index < -0.39 is 0 Å². The van der Waals surface area contributed by atoms with Gasteiger partial charge in [0.15, 0.2) is 0 Å². The maximum absolute atomic E-state index is 12.6. The third kappa shape index (κ3) is 2.77. The average molecular weight is 384 g/mol. The largest absolute Gasteiger partial charge is 0.345 e. The number of nitrogens with zero attached hydrogens (tertiary/aromatic N) is 3. The van der Waals surface area contributed by atoms with E-state index in [1.807, 2.05) is 24.4 Å². The van der Waals surface area contributed by atoms with Gasteiger partial charge in [-0.1, -0.05) is 24.3 Å². The van der Waals surface area contributed by atoms with E-state index in [4.69, 9.17) is 4.98 Å². The second-order valence-electron chi connectivity index (χ2n) is 7.75. The first-order valence-electron chi connectivity index (χ1n) is 9.92. The minimum atomic E-state index is -0.0888. The number of H-pyrrole nitrogens is 2. The number of nitrogens with one attached hydrogen (secondary N) is 3. The molecule has 2 fully saturated rings. The lowest BCUT2D eigenvalue weighted by atomic mass is 10.0. The predicted octanol–water partition coefficient (Wildman–Crippen LogP) is 4.10. The lowest BCUT2D eigenvalue weighted by Crippen LogP contribution is -2.29. The van der Waals surface area contributed by atoms with Gasteiger partial charge in [0.25, 0.3) is 0 Å². The lowest BCUT2D eigenvalue weighted by Gasteiger charge is -2.23. The number of urea groups is 1. The number of benzene rings is 2. The Morgan fingerprint density at radius 1 is 1.03 bits per heavy atom. The van der Waals surface area contributed by atoms with Gasteiger partial charge >= 0.3 is 6.03 Å². The minimum absolute atomic E-state index is 0.0634. The van der Waals surface area contributed by atoms with E-state index >= 15 is 0 Å². The number of carbonyl (C=O) groups excluding carboxylic acids is 1. The second kappa shape index (κ2) is 6.20. The van der Waals surface area contributed by atoms with Crippen LogP contribution >= 0.6 is 0 Å². The molecule has 0 spiro atoms. The molecule has 1 atom stereocenters. The van der Waals surface area contributed by atoms with E-state index in [1.54, 1.807) is 11.2 Å². The van der Waals surface area contributed by atoms with Crippen molar-refractivity contribution in [1.29, 1.82) is 0 Å². The molecule has 29 heavy (non-hydrogen) atoms. The van der Waals surface area contributed by atoms with Crippen LogP contribution in [0.5, 0.6) is 0 Å². The van der Waals surface area contributed by atoms with Crippen molar-refractivity contribution in [2.24, 2.45) is 0 Å². The van der Waals surface area contributed by atoms with Gasteiger partial charge in [-0.2, -0.15) is 0 Å². The molecule has 3 N–H and O–H groups in total.